The summed E-state index contributed by atoms with van der Waals surface area (Å²) in [5.74, 6) is 0.398. The summed E-state index contributed by atoms with van der Waals surface area (Å²) in [6, 6.07) is 9.72. The Bertz CT molecular complexity index is 492. The zero-order valence-electron chi connectivity index (χ0n) is 10.4. The molecule has 1 unspecified atom stereocenters. The van der Waals surface area contributed by atoms with E-state index in [1.165, 1.54) is 12.5 Å². The van der Waals surface area contributed by atoms with E-state index in [1.54, 1.807) is 0 Å². The highest BCUT2D eigenvalue weighted by atomic mass is 32.2. The van der Waals surface area contributed by atoms with Crippen molar-refractivity contribution >= 4 is 10.0 Å². The van der Waals surface area contributed by atoms with Crippen LogP contribution in [0, 0.1) is 5.92 Å². The summed E-state index contributed by atoms with van der Waals surface area (Å²) in [7, 11) is -3.27. The summed E-state index contributed by atoms with van der Waals surface area (Å²) in [6.45, 7) is 3.49. The number of nitrogens with one attached hydrogen (secondary N) is 1. The monoisotopic (exact) mass is 265 g/mol. The Morgan fingerprint density at radius 1 is 1.33 bits per heavy atom. The number of hydrogen-bond acceptors (Lipinski definition) is 2. The Kier molecular flexibility index (Phi) is 4.19. The normalized spacial score (nSPS) is 18.0. The molecule has 4 heteroatoms. The van der Waals surface area contributed by atoms with Gasteiger partial charge in [-0.3, -0.25) is 0 Å². The van der Waals surface area contributed by atoms with Gasteiger partial charge in [-0.15, -0.1) is 6.58 Å². The van der Waals surface area contributed by atoms with Crippen molar-refractivity contribution in [3.8, 4) is 0 Å². The minimum Gasteiger partial charge on any atom is -0.212 e. The van der Waals surface area contributed by atoms with Gasteiger partial charge in [0.25, 0.3) is 0 Å². The van der Waals surface area contributed by atoms with Crippen LogP contribution >= 0.6 is 0 Å². The summed E-state index contributed by atoms with van der Waals surface area (Å²) >= 11 is 0. The van der Waals surface area contributed by atoms with Gasteiger partial charge in [-0.25, -0.2) is 13.1 Å². The van der Waals surface area contributed by atoms with E-state index in [4.69, 9.17) is 0 Å². The van der Waals surface area contributed by atoms with E-state index in [0.717, 1.165) is 18.4 Å². The molecule has 0 spiro atoms. The van der Waals surface area contributed by atoms with Crippen LogP contribution in [0.4, 0.5) is 0 Å². The fraction of sp³-hybridized carbons (Fsp3) is 0.429. The maximum Gasteiger partial charge on any atom is 0.215 e. The first-order valence-electron chi connectivity index (χ1n) is 6.28. The van der Waals surface area contributed by atoms with Crippen LogP contribution in [0.3, 0.4) is 0 Å². The predicted molar refractivity (Wildman–Crippen MR) is 73.6 cm³/mol. The van der Waals surface area contributed by atoms with E-state index >= 15 is 0 Å². The average Bonchev–Trinajstić information content (AvgIpc) is 2.26. The molecule has 1 aliphatic rings. The summed E-state index contributed by atoms with van der Waals surface area (Å²) in [5.41, 5.74) is 1.05. The zero-order valence-corrected chi connectivity index (χ0v) is 11.2. The van der Waals surface area contributed by atoms with Crippen molar-refractivity contribution in [3.63, 3.8) is 0 Å². The van der Waals surface area contributed by atoms with E-state index in [1.807, 2.05) is 30.3 Å². The van der Waals surface area contributed by atoms with Crippen LogP contribution < -0.4 is 4.72 Å². The lowest BCUT2D eigenvalue weighted by atomic mass is 9.77. The molecule has 0 amide bonds. The van der Waals surface area contributed by atoms with E-state index in [9.17, 15) is 8.42 Å². The second-order valence-electron chi connectivity index (χ2n) is 4.77. The molecule has 1 aromatic rings. The molecule has 1 aliphatic carbocycles. The predicted octanol–water partition coefficient (Wildman–Crippen LogP) is 2.63. The Labute approximate surface area is 109 Å². The van der Waals surface area contributed by atoms with Gasteiger partial charge in [0, 0.05) is 6.04 Å². The molecule has 0 bridgehead atoms. The number of hydrogen-bond donors (Lipinski definition) is 1. The summed E-state index contributed by atoms with van der Waals surface area (Å²) in [6.07, 6.45) is 4.80. The Morgan fingerprint density at radius 2 is 2.00 bits per heavy atom. The molecule has 0 aliphatic heterocycles. The minimum absolute atomic E-state index is 0.0247. The van der Waals surface area contributed by atoms with Gasteiger partial charge in [-0.1, -0.05) is 42.8 Å². The van der Waals surface area contributed by atoms with Crippen molar-refractivity contribution in [2.45, 2.75) is 25.3 Å². The molecular formula is C14H19NO2S. The lowest BCUT2D eigenvalue weighted by molar-refractivity contribution is 0.251. The van der Waals surface area contributed by atoms with E-state index in [2.05, 4.69) is 11.3 Å². The topological polar surface area (TPSA) is 46.2 Å². The zero-order chi connectivity index (χ0) is 13.0. The van der Waals surface area contributed by atoms with Crippen molar-refractivity contribution in [1.29, 1.82) is 0 Å². The minimum atomic E-state index is -3.27. The van der Waals surface area contributed by atoms with Crippen molar-refractivity contribution in [2.75, 3.05) is 5.75 Å². The summed E-state index contributed by atoms with van der Waals surface area (Å²) < 4.78 is 26.6. The third-order valence-corrected chi connectivity index (χ3v) is 4.71. The molecule has 1 N–H and O–H groups in total. The molecule has 1 aromatic carbocycles. The Balaban J connectivity index is 2.18. The molecule has 1 atom stereocenters. The maximum absolute atomic E-state index is 11.9. The molecule has 1 saturated carbocycles. The highest BCUT2D eigenvalue weighted by molar-refractivity contribution is 7.89. The molecule has 0 radical (unpaired) electrons. The largest absolute Gasteiger partial charge is 0.215 e. The van der Waals surface area contributed by atoms with Gasteiger partial charge in [0.2, 0.25) is 10.0 Å². The van der Waals surface area contributed by atoms with Gasteiger partial charge in [-0.2, -0.15) is 0 Å². The first-order chi connectivity index (χ1) is 8.62. The smallest absolute Gasteiger partial charge is 0.212 e. The van der Waals surface area contributed by atoms with Crippen LogP contribution in [-0.4, -0.2) is 14.2 Å². The lowest BCUT2D eigenvalue weighted by Gasteiger charge is -2.34. The maximum atomic E-state index is 11.9. The van der Waals surface area contributed by atoms with Gasteiger partial charge in [-0.05, 0) is 24.3 Å². The fourth-order valence-electron chi connectivity index (χ4n) is 2.27. The van der Waals surface area contributed by atoms with Gasteiger partial charge in [0.05, 0.1) is 5.75 Å². The average molecular weight is 265 g/mol. The molecule has 0 heterocycles. The molecule has 18 heavy (non-hydrogen) atoms. The first-order valence-corrected chi connectivity index (χ1v) is 7.93. The third-order valence-electron chi connectivity index (χ3n) is 3.42. The summed E-state index contributed by atoms with van der Waals surface area (Å²) in [4.78, 5) is 0. The Hall–Kier alpha value is -1.13. The molecule has 3 nitrogen and oxygen atoms in total. The van der Waals surface area contributed by atoms with Gasteiger partial charge < -0.3 is 0 Å². The quantitative estimate of drug-likeness (QED) is 0.804. The first kappa shape index (κ1) is 13.3. The van der Waals surface area contributed by atoms with E-state index in [-0.39, 0.29) is 11.8 Å². The van der Waals surface area contributed by atoms with Crippen molar-refractivity contribution in [1.82, 2.24) is 4.72 Å². The number of rotatable bonds is 6. The van der Waals surface area contributed by atoms with Crippen LogP contribution in [0.2, 0.25) is 0 Å². The standard InChI is InChI=1S/C14H19NO2S/c1-2-11-18(16,17)15-14(13-9-6-10-13)12-7-4-3-5-8-12/h2-5,7-8,13-15H,1,6,9-11H2. The fourth-order valence-corrected chi connectivity index (χ4v) is 3.39. The van der Waals surface area contributed by atoms with Crippen LogP contribution in [0.15, 0.2) is 43.0 Å². The van der Waals surface area contributed by atoms with Gasteiger partial charge in [0.1, 0.15) is 0 Å². The van der Waals surface area contributed by atoms with Gasteiger partial charge in [0.15, 0.2) is 0 Å². The van der Waals surface area contributed by atoms with Crippen LogP contribution in [0.1, 0.15) is 30.9 Å². The lowest BCUT2D eigenvalue weighted by Crippen LogP contribution is -2.37. The van der Waals surface area contributed by atoms with Crippen LogP contribution in [0.5, 0.6) is 0 Å². The molecular weight excluding hydrogens is 246 g/mol. The molecule has 1 fully saturated rings. The molecule has 0 aromatic heterocycles. The van der Waals surface area contributed by atoms with Crippen LogP contribution in [0.25, 0.3) is 0 Å². The number of sulfonamides is 1. The number of benzene rings is 1. The summed E-state index contributed by atoms with van der Waals surface area (Å²) in [5, 5.41) is 0. The Morgan fingerprint density at radius 3 is 2.50 bits per heavy atom. The van der Waals surface area contributed by atoms with Crippen molar-refractivity contribution < 1.29 is 8.42 Å². The molecule has 0 saturated heterocycles. The molecule has 2 rings (SSSR count). The van der Waals surface area contributed by atoms with Gasteiger partial charge >= 0.3 is 0 Å². The van der Waals surface area contributed by atoms with Crippen molar-refractivity contribution in [2.24, 2.45) is 5.92 Å². The van der Waals surface area contributed by atoms with E-state index < -0.39 is 10.0 Å². The van der Waals surface area contributed by atoms with Crippen LogP contribution in [-0.2, 0) is 10.0 Å². The molecule has 98 valence electrons. The third kappa shape index (κ3) is 3.21. The highest BCUT2D eigenvalue weighted by Crippen LogP contribution is 2.38. The highest BCUT2D eigenvalue weighted by Gasteiger charge is 2.31. The second kappa shape index (κ2) is 5.67. The SMILES string of the molecule is C=CCS(=O)(=O)NC(c1ccccc1)C1CCC1. The van der Waals surface area contributed by atoms with E-state index in [0.29, 0.717) is 5.92 Å². The van der Waals surface area contributed by atoms with Crippen molar-refractivity contribution in [3.05, 3.63) is 48.6 Å². The second-order valence-corrected chi connectivity index (χ2v) is 6.57.